The number of benzene rings is 1. The lowest BCUT2D eigenvalue weighted by atomic mass is 10.1. The molecule has 8 heteroatoms. The monoisotopic (exact) mass is 346 g/mol. The number of aromatic nitrogens is 1. The normalized spacial score (nSPS) is 17.7. The van der Waals surface area contributed by atoms with E-state index in [1.54, 1.807) is 48.7 Å². The molecule has 0 saturated heterocycles. The van der Waals surface area contributed by atoms with Gasteiger partial charge < -0.3 is 14.7 Å². The second-order valence-corrected chi connectivity index (χ2v) is 6.68. The molecule has 0 spiro atoms. The van der Waals surface area contributed by atoms with Crippen molar-refractivity contribution in [2.75, 3.05) is 0 Å². The Morgan fingerprint density at radius 1 is 1.17 bits per heavy atom. The van der Waals surface area contributed by atoms with Gasteiger partial charge in [-0.1, -0.05) is 36.4 Å². The molecule has 24 heavy (non-hydrogen) atoms. The molecular formula is C16H14N2O5S. The van der Waals surface area contributed by atoms with Gasteiger partial charge in [0, 0.05) is 18.0 Å². The molecule has 0 fully saturated rings. The molecule has 1 aliphatic rings. The third-order valence-electron chi connectivity index (χ3n) is 3.31. The lowest BCUT2D eigenvalue weighted by Gasteiger charge is -2.09. The highest BCUT2D eigenvalue weighted by Gasteiger charge is 2.39. The maximum Gasteiger partial charge on any atom is 0.313 e. The van der Waals surface area contributed by atoms with Crippen LogP contribution in [0.1, 0.15) is 17.2 Å². The topological polar surface area (TPSA) is 109 Å². The van der Waals surface area contributed by atoms with Crippen molar-refractivity contribution in [3.63, 3.8) is 0 Å². The number of hydrogen-bond donors (Lipinski definition) is 1. The molecular weight excluding hydrogens is 332 g/mol. The number of ether oxygens (including phenoxy) is 1. The van der Waals surface area contributed by atoms with Crippen molar-refractivity contribution in [2.24, 2.45) is 5.73 Å². The molecule has 124 valence electrons. The van der Waals surface area contributed by atoms with E-state index in [9.17, 15) is 13.2 Å². The largest absolute Gasteiger partial charge is 0.460 e. The van der Waals surface area contributed by atoms with Crippen LogP contribution in [-0.2, 0) is 29.6 Å². The second kappa shape index (κ2) is 6.32. The Hall–Kier alpha value is -2.87. The summed E-state index contributed by atoms with van der Waals surface area (Å²) in [4.78, 5) is 16.3. The lowest BCUT2D eigenvalue weighted by Crippen LogP contribution is -2.16. The molecule has 0 amide bonds. The first-order chi connectivity index (χ1) is 11.5. The predicted octanol–water partition coefficient (Wildman–Crippen LogP) is 1.40. The Labute approximate surface area is 138 Å². The van der Waals surface area contributed by atoms with Gasteiger partial charge in [-0.2, -0.15) is 8.42 Å². The van der Waals surface area contributed by atoms with E-state index in [-0.39, 0.29) is 11.6 Å². The number of carbonyl (C=O) groups excluding carboxylic acids is 1. The average molecular weight is 346 g/mol. The van der Waals surface area contributed by atoms with Crippen LogP contribution in [0.3, 0.4) is 0 Å². The molecule has 1 aromatic carbocycles. The zero-order chi connectivity index (χ0) is 17.2. The molecule has 1 aromatic heterocycles. The van der Waals surface area contributed by atoms with Crippen LogP contribution in [0, 0.1) is 0 Å². The smallest absolute Gasteiger partial charge is 0.313 e. The Morgan fingerprint density at radius 2 is 1.92 bits per heavy atom. The fourth-order valence-corrected chi connectivity index (χ4v) is 3.32. The fourth-order valence-electron chi connectivity index (χ4n) is 2.24. The standard InChI is InChI=1S/C16H14N2O5S/c17-16-15(13(19)14(22-16)12-7-4-8-18-9-12)23-24(20,21)10-11-5-2-1-3-6-11/h1-9,14H,10,17H2. The predicted molar refractivity (Wildman–Crippen MR) is 84.4 cm³/mol. The molecule has 2 aromatic rings. The van der Waals surface area contributed by atoms with Crippen molar-refractivity contribution in [3.05, 3.63) is 77.6 Å². The molecule has 0 saturated carbocycles. The number of rotatable bonds is 5. The van der Waals surface area contributed by atoms with Crippen molar-refractivity contribution in [2.45, 2.75) is 11.9 Å². The minimum Gasteiger partial charge on any atom is -0.460 e. The Morgan fingerprint density at radius 3 is 2.58 bits per heavy atom. The van der Waals surface area contributed by atoms with E-state index in [0.29, 0.717) is 11.1 Å². The van der Waals surface area contributed by atoms with Crippen LogP contribution in [0.25, 0.3) is 0 Å². The number of pyridine rings is 1. The zero-order valence-corrected chi connectivity index (χ0v) is 13.3. The molecule has 0 bridgehead atoms. The van der Waals surface area contributed by atoms with Gasteiger partial charge in [-0.15, -0.1) is 0 Å². The van der Waals surface area contributed by atoms with E-state index in [1.165, 1.54) is 6.20 Å². The van der Waals surface area contributed by atoms with Crippen molar-refractivity contribution >= 4 is 15.9 Å². The number of hydrogen-bond acceptors (Lipinski definition) is 7. The summed E-state index contributed by atoms with van der Waals surface area (Å²) in [5.41, 5.74) is 6.62. The summed E-state index contributed by atoms with van der Waals surface area (Å²) < 4.78 is 34.5. The fraction of sp³-hybridized carbons (Fsp3) is 0.125. The van der Waals surface area contributed by atoms with Gasteiger partial charge in [0.05, 0.1) is 0 Å². The van der Waals surface area contributed by atoms with E-state index in [4.69, 9.17) is 14.7 Å². The summed E-state index contributed by atoms with van der Waals surface area (Å²) in [5, 5.41) is 0. The summed E-state index contributed by atoms with van der Waals surface area (Å²) in [6, 6.07) is 11.7. The number of Topliss-reactive ketones (excluding diaryl/α,β-unsaturated/α-hetero) is 1. The lowest BCUT2D eigenvalue weighted by molar-refractivity contribution is -0.123. The minimum absolute atomic E-state index is 0.356. The van der Waals surface area contributed by atoms with Crippen LogP contribution in [0.2, 0.25) is 0 Å². The summed E-state index contributed by atoms with van der Waals surface area (Å²) in [7, 11) is -4.04. The molecule has 0 radical (unpaired) electrons. The van der Waals surface area contributed by atoms with Gasteiger partial charge in [0.15, 0.2) is 6.10 Å². The number of nitrogens with zero attached hydrogens (tertiary/aromatic N) is 1. The summed E-state index contributed by atoms with van der Waals surface area (Å²) in [6.45, 7) is 0. The van der Waals surface area contributed by atoms with Crippen molar-refractivity contribution < 1.29 is 22.1 Å². The van der Waals surface area contributed by atoms with Gasteiger partial charge in [-0.25, -0.2) is 0 Å². The molecule has 1 aliphatic heterocycles. The van der Waals surface area contributed by atoms with Crippen molar-refractivity contribution in [3.8, 4) is 0 Å². The summed E-state index contributed by atoms with van der Waals surface area (Å²) in [6.07, 6.45) is 1.93. The summed E-state index contributed by atoms with van der Waals surface area (Å²) >= 11 is 0. The summed E-state index contributed by atoms with van der Waals surface area (Å²) in [5.74, 6) is -1.89. The molecule has 2 heterocycles. The van der Waals surface area contributed by atoms with Gasteiger partial charge in [-0.05, 0) is 11.6 Å². The minimum atomic E-state index is -4.04. The van der Waals surface area contributed by atoms with E-state index < -0.39 is 27.8 Å². The molecule has 2 N–H and O–H groups in total. The number of nitrogens with two attached hydrogens (primary N) is 1. The highest BCUT2D eigenvalue weighted by atomic mass is 32.2. The van der Waals surface area contributed by atoms with Gasteiger partial charge in [0.2, 0.25) is 17.4 Å². The average Bonchev–Trinajstić information content (AvgIpc) is 2.84. The van der Waals surface area contributed by atoms with Crippen LogP contribution < -0.4 is 5.73 Å². The molecule has 1 unspecified atom stereocenters. The maximum absolute atomic E-state index is 12.4. The highest BCUT2D eigenvalue weighted by Crippen LogP contribution is 2.32. The third-order valence-corrected chi connectivity index (χ3v) is 4.42. The number of ketones is 1. The molecule has 7 nitrogen and oxygen atoms in total. The first-order valence-corrected chi connectivity index (χ1v) is 8.60. The SMILES string of the molecule is NC1=C(OS(=O)(=O)Cc2ccccc2)C(=O)C(c2cccnc2)O1. The number of carbonyl (C=O) groups is 1. The highest BCUT2D eigenvalue weighted by molar-refractivity contribution is 7.86. The Balaban J connectivity index is 1.77. The van der Waals surface area contributed by atoms with Crippen molar-refractivity contribution in [1.29, 1.82) is 0 Å². The van der Waals surface area contributed by atoms with E-state index >= 15 is 0 Å². The first-order valence-electron chi connectivity index (χ1n) is 7.03. The third kappa shape index (κ3) is 3.38. The Kier molecular flexibility index (Phi) is 4.22. The van der Waals surface area contributed by atoms with Crippen molar-refractivity contribution in [1.82, 2.24) is 4.98 Å². The molecule has 3 rings (SSSR count). The van der Waals surface area contributed by atoms with Crippen LogP contribution in [0.5, 0.6) is 0 Å². The van der Waals surface area contributed by atoms with Crippen LogP contribution in [0.4, 0.5) is 0 Å². The molecule has 0 aliphatic carbocycles. The molecule has 1 atom stereocenters. The Bertz CT molecular complexity index is 879. The van der Waals surface area contributed by atoms with Crippen LogP contribution in [0.15, 0.2) is 66.5 Å². The van der Waals surface area contributed by atoms with Gasteiger partial charge in [-0.3, -0.25) is 9.78 Å². The maximum atomic E-state index is 12.4. The van der Waals surface area contributed by atoms with Gasteiger partial charge in [0.25, 0.3) is 0 Å². The van der Waals surface area contributed by atoms with Crippen LogP contribution >= 0.6 is 0 Å². The second-order valence-electron chi connectivity index (χ2n) is 5.11. The first kappa shape index (κ1) is 16.0. The van der Waals surface area contributed by atoms with E-state index in [2.05, 4.69) is 4.98 Å². The van der Waals surface area contributed by atoms with E-state index in [0.717, 1.165) is 0 Å². The van der Waals surface area contributed by atoms with Crippen LogP contribution in [-0.4, -0.2) is 19.2 Å². The zero-order valence-electron chi connectivity index (χ0n) is 12.5. The quantitative estimate of drug-likeness (QED) is 0.815. The van der Waals surface area contributed by atoms with Gasteiger partial charge >= 0.3 is 10.1 Å². The van der Waals surface area contributed by atoms with Gasteiger partial charge in [0.1, 0.15) is 5.75 Å². The van der Waals surface area contributed by atoms with E-state index in [1.807, 2.05) is 0 Å².